The first kappa shape index (κ1) is 19.9. The summed E-state index contributed by atoms with van der Waals surface area (Å²) in [6, 6.07) is 0.306. The molecule has 2 aliphatic rings. The molecule has 0 spiro atoms. The Morgan fingerprint density at radius 3 is 2.90 bits per heavy atom. The molecular formula is C20H23N9OS. The van der Waals surface area contributed by atoms with Crippen molar-refractivity contribution in [1.82, 2.24) is 29.7 Å². The number of hydrogen-bond donors (Lipinski definition) is 2. The number of nitrogens with one attached hydrogen (secondary N) is 2. The van der Waals surface area contributed by atoms with Crippen LogP contribution in [0.25, 0.3) is 5.69 Å². The summed E-state index contributed by atoms with van der Waals surface area (Å²) in [5.74, 6) is 1.46. The zero-order chi connectivity index (χ0) is 21.4. The maximum Gasteiger partial charge on any atom is 0.160 e. The molecule has 160 valence electrons. The predicted molar refractivity (Wildman–Crippen MR) is 117 cm³/mol. The fourth-order valence-electron chi connectivity index (χ4n) is 4.36. The summed E-state index contributed by atoms with van der Waals surface area (Å²) < 4.78 is 7.55. The van der Waals surface area contributed by atoms with E-state index in [0.29, 0.717) is 10.8 Å². The van der Waals surface area contributed by atoms with Gasteiger partial charge in [-0.1, -0.05) is 6.92 Å². The molecule has 0 aliphatic carbocycles. The van der Waals surface area contributed by atoms with Crippen LogP contribution in [0.5, 0.6) is 0 Å². The number of thiazole rings is 1. The highest BCUT2D eigenvalue weighted by Gasteiger charge is 2.38. The molecule has 11 heteroatoms. The zero-order valence-electron chi connectivity index (χ0n) is 17.1. The van der Waals surface area contributed by atoms with Gasteiger partial charge in [0.2, 0.25) is 0 Å². The van der Waals surface area contributed by atoms with Crippen LogP contribution in [0, 0.1) is 10.8 Å². The lowest BCUT2D eigenvalue weighted by Gasteiger charge is -2.43. The van der Waals surface area contributed by atoms with Crippen molar-refractivity contribution in [3.05, 3.63) is 40.8 Å². The minimum atomic E-state index is -0.657. The molecule has 0 bridgehead atoms. The van der Waals surface area contributed by atoms with Gasteiger partial charge in [0.1, 0.15) is 22.8 Å². The average molecular weight is 438 g/mol. The topological polar surface area (TPSA) is 130 Å². The Balaban J connectivity index is 1.62. The van der Waals surface area contributed by atoms with E-state index in [1.165, 1.54) is 17.6 Å². The number of ether oxygens (including phenoxy) is 1. The Labute approximate surface area is 183 Å². The van der Waals surface area contributed by atoms with Crippen molar-refractivity contribution in [2.24, 2.45) is 0 Å². The molecule has 3 aromatic rings. The molecule has 1 fully saturated rings. The standard InChI is InChI=1S/C20H23N9OS/c1-2-14-19-27-25-11-28(19)15-10-24-17(13(9-21)16(22)20-23-5-8-31-20)26-18(15)29(14)12-3-6-30-7-4-12/h5,8-14,21-22H,2-4,6-7H2,1H3. The number of anilines is 1. The minimum absolute atomic E-state index is 0.0395. The predicted octanol–water partition coefficient (Wildman–Crippen LogP) is 2.77. The van der Waals surface area contributed by atoms with E-state index >= 15 is 0 Å². The van der Waals surface area contributed by atoms with E-state index in [9.17, 15) is 0 Å². The smallest absolute Gasteiger partial charge is 0.160 e. The van der Waals surface area contributed by atoms with Gasteiger partial charge in [-0.3, -0.25) is 4.57 Å². The van der Waals surface area contributed by atoms with Crippen LogP contribution in [0.2, 0.25) is 0 Å². The summed E-state index contributed by atoms with van der Waals surface area (Å²) in [7, 11) is 0. The van der Waals surface area contributed by atoms with Crippen molar-refractivity contribution in [1.29, 1.82) is 10.8 Å². The second kappa shape index (κ2) is 8.23. The van der Waals surface area contributed by atoms with Crippen molar-refractivity contribution in [3.63, 3.8) is 0 Å². The second-order valence-corrected chi connectivity index (χ2v) is 8.46. The Kier molecular flexibility index (Phi) is 5.28. The third-order valence-corrected chi connectivity index (χ3v) is 6.68. The van der Waals surface area contributed by atoms with Crippen LogP contribution in [0.4, 0.5) is 5.82 Å². The van der Waals surface area contributed by atoms with Crippen molar-refractivity contribution >= 4 is 29.1 Å². The third kappa shape index (κ3) is 3.33. The van der Waals surface area contributed by atoms with E-state index in [2.05, 4.69) is 32.0 Å². The van der Waals surface area contributed by atoms with Gasteiger partial charge in [-0.05, 0) is 19.3 Å². The summed E-state index contributed by atoms with van der Waals surface area (Å²) >= 11 is 1.38. The Bertz CT molecular complexity index is 1090. The Morgan fingerprint density at radius 2 is 2.19 bits per heavy atom. The molecule has 2 aliphatic heterocycles. The highest BCUT2D eigenvalue weighted by Crippen LogP contribution is 2.41. The van der Waals surface area contributed by atoms with Gasteiger partial charge in [-0.2, -0.15) is 0 Å². The van der Waals surface area contributed by atoms with Crippen LogP contribution in [-0.2, 0) is 4.74 Å². The van der Waals surface area contributed by atoms with Gasteiger partial charge >= 0.3 is 0 Å². The largest absolute Gasteiger partial charge is 0.381 e. The molecule has 0 aromatic carbocycles. The lowest BCUT2D eigenvalue weighted by atomic mass is 10.00. The van der Waals surface area contributed by atoms with Crippen molar-refractivity contribution < 1.29 is 4.74 Å². The molecule has 5 heterocycles. The van der Waals surface area contributed by atoms with E-state index in [1.54, 1.807) is 18.7 Å². The van der Waals surface area contributed by atoms with E-state index in [4.69, 9.17) is 20.5 Å². The number of hydrogen-bond acceptors (Lipinski definition) is 10. The third-order valence-electron chi connectivity index (χ3n) is 5.87. The van der Waals surface area contributed by atoms with Gasteiger partial charge in [0, 0.05) is 37.0 Å². The van der Waals surface area contributed by atoms with Crippen LogP contribution in [-0.4, -0.2) is 60.9 Å². The van der Waals surface area contributed by atoms with Crippen LogP contribution in [0.1, 0.15) is 54.8 Å². The number of aromatic nitrogens is 6. The van der Waals surface area contributed by atoms with Gasteiger partial charge < -0.3 is 20.5 Å². The van der Waals surface area contributed by atoms with Crippen molar-refractivity contribution in [2.75, 3.05) is 18.1 Å². The van der Waals surface area contributed by atoms with Gasteiger partial charge in [-0.25, -0.2) is 15.0 Å². The molecule has 2 N–H and O–H groups in total. The molecule has 31 heavy (non-hydrogen) atoms. The first-order valence-corrected chi connectivity index (χ1v) is 11.2. The molecule has 2 atom stereocenters. The van der Waals surface area contributed by atoms with E-state index < -0.39 is 5.92 Å². The monoisotopic (exact) mass is 437 g/mol. The molecule has 0 radical (unpaired) electrons. The molecule has 2 unspecified atom stereocenters. The summed E-state index contributed by atoms with van der Waals surface area (Å²) in [6.07, 6.45) is 9.02. The summed E-state index contributed by atoms with van der Waals surface area (Å²) in [4.78, 5) is 16.0. The molecule has 1 saturated heterocycles. The Morgan fingerprint density at radius 1 is 1.35 bits per heavy atom. The fraction of sp³-hybridized carbons (Fsp3) is 0.450. The molecule has 0 amide bonds. The molecule has 0 saturated carbocycles. The molecule has 3 aromatic heterocycles. The van der Waals surface area contributed by atoms with Crippen LogP contribution in [0.3, 0.4) is 0 Å². The Hall–Kier alpha value is -3.05. The minimum Gasteiger partial charge on any atom is -0.381 e. The second-order valence-electron chi connectivity index (χ2n) is 7.57. The highest BCUT2D eigenvalue weighted by atomic mass is 32.1. The molecular weight excluding hydrogens is 414 g/mol. The summed E-state index contributed by atoms with van der Waals surface area (Å²) in [5.41, 5.74) is 1.06. The zero-order valence-corrected chi connectivity index (χ0v) is 17.9. The lowest BCUT2D eigenvalue weighted by Crippen LogP contribution is -2.45. The van der Waals surface area contributed by atoms with Crippen molar-refractivity contribution in [2.45, 2.75) is 44.2 Å². The molecule has 5 rings (SSSR count). The fourth-order valence-corrected chi connectivity index (χ4v) is 4.99. The number of fused-ring (bicyclic) bond motifs is 3. The molecule has 10 nitrogen and oxygen atoms in total. The highest BCUT2D eigenvalue weighted by molar-refractivity contribution is 7.11. The van der Waals surface area contributed by atoms with Crippen LogP contribution in [0.15, 0.2) is 24.1 Å². The van der Waals surface area contributed by atoms with Gasteiger partial charge in [0.05, 0.1) is 23.9 Å². The van der Waals surface area contributed by atoms with E-state index in [0.717, 1.165) is 49.8 Å². The normalized spacial score (nSPS) is 19.5. The SMILES string of the molecule is CCC1c2nncn2-c2cnc(C(C=N)C(=N)c3nccs3)nc2N1C1CCOCC1. The number of rotatable bonds is 6. The maximum absolute atomic E-state index is 8.56. The quantitative estimate of drug-likeness (QED) is 0.567. The van der Waals surface area contributed by atoms with Crippen molar-refractivity contribution in [3.8, 4) is 5.69 Å². The van der Waals surface area contributed by atoms with Crippen LogP contribution >= 0.6 is 11.3 Å². The maximum atomic E-state index is 8.56. The average Bonchev–Trinajstić information content (AvgIpc) is 3.51. The van der Waals surface area contributed by atoms with Crippen LogP contribution < -0.4 is 4.90 Å². The first-order valence-electron chi connectivity index (χ1n) is 10.3. The lowest BCUT2D eigenvalue weighted by molar-refractivity contribution is 0.0817. The summed E-state index contributed by atoms with van der Waals surface area (Å²) in [6.45, 7) is 3.58. The summed E-state index contributed by atoms with van der Waals surface area (Å²) in [5, 5.41) is 27.5. The van der Waals surface area contributed by atoms with E-state index in [-0.39, 0.29) is 17.8 Å². The van der Waals surface area contributed by atoms with E-state index in [1.807, 2.05) is 9.95 Å². The van der Waals surface area contributed by atoms with Gasteiger partial charge in [-0.15, -0.1) is 21.5 Å². The van der Waals surface area contributed by atoms with Gasteiger partial charge in [0.25, 0.3) is 0 Å². The van der Waals surface area contributed by atoms with Gasteiger partial charge in [0.15, 0.2) is 11.6 Å². The first-order chi connectivity index (χ1) is 15.2. The number of nitrogens with zero attached hydrogens (tertiary/aromatic N) is 7.